The average Bonchev–Trinajstić information content (AvgIpc) is 2.40. The van der Waals surface area contributed by atoms with Crippen LogP contribution in [-0.2, 0) is 0 Å². The molecule has 2 rings (SSSR count). The average molecular weight is 242 g/mol. The van der Waals surface area contributed by atoms with Crippen LogP contribution in [0.1, 0.15) is 10.4 Å². The molecule has 3 N–H and O–H groups in total. The van der Waals surface area contributed by atoms with E-state index < -0.39 is 0 Å². The molecule has 0 atom stereocenters. The summed E-state index contributed by atoms with van der Waals surface area (Å²) in [4.78, 5) is 12.0. The number of benzene rings is 2. The van der Waals surface area contributed by atoms with Gasteiger partial charge in [-0.25, -0.2) is 0 Å². The van der Waals surface area contributed by atoms with Gasteiger partial charge in [-0.05, 0) is 30.3 Å². The number of nitrogens with one attached hydrogen (secondary N) is 2. The molecular weight excluding hydrogens is 228 g/mol. The lowest BCUT2D eigenvalue weighted by molar-refractivity contribution is 0.102. The molecule has 0 aliphatic heterocycles. The van der Waals surface area contributed by atoms with E-state index in [4.69, 9.17) is 0 Å². The largest absolute Gasteiger partial charge is 0.507 e. The minimum absolute atomic E-state index is 0.0394. The lowest BCUT2D eigenvalue weighted by Crippen LogP contribution is -2.12. The number of carbonyl (C=O) groups is 1. The van der Waals surface area contributed by atoms with Gasteiger partial charge < -0.3 is 15.7 Å². The van der Waals surface area contributed by atoms with Crippen molar-refractivity contribution in [3.05, 3.63) is 54.1 Å². The van der Waals surface area contributed by atoms with Crippen molar-refractivity contribution in [2.75, 3.05) is 17.7 Å². The second-order valence-corrected chi connectivity index (χ2v) is 3.80. The Labute approximate surface area is 105 Å². The molecule has 4 nitrogen and oxygen atoms in total. The van der Waals surface area contributed by atoms with Crippen molar-refractivity contribution in [2.45, 2.75) is 0 Å². The summed E-state index contributed by atoms with van der Waals surface area (Å²) in [6.07, 6.45) is 0. The number of amides is 1. The predicted octanol–water partition coefficient (Wildman–Crippen LogP) is 2.69. The molecule has 0 bridgehead atoms. The molecular formula is C14H14N2O2. The van der Waals surface area contributed by atoms with Gasteiger partial charge in [-0.15, -0.1) is 0 Å². The SMILES string of the molecule is CNc1ccc(O)c(C(=O)Nc2ccccc2)c1. The van der Waals surface area contributed by atoms with Crippen molar-refractivity contribution in [3.8, 4) is 5.75 Å². The minimum Gasteiger partial charge on any atom is -0.507 e. The van der Waals surface area contributed by atoms with E-state index in [0.717, 1.165) is 5.69 Å². The van der Waals surface area contributed by atoms with Crippen molar-refractivity contribution in [1.82, 2.24) is 0 Å². The first-order valence-corrected chi connectivity index (χ1v) is 5.58. The smallest absolute Gasteiger partial charge is 0.259 e. The molecule has 0 aromatic heterocycles. The lowest BCUT2D eigenvalue weighted by atomic mass is 10.1. The van der Waals surface area contributed by atoms with Crippen LogP contribution in [-0.4, -0.2) is 18.1 Å². The fraction of sp³-hybridized carbons (Fsp3) is 0.0714. The second-order valence-electron chi connectivity index (χ2n) is 3.80. The molecule has 0 saturated carbocycles. The summed E-state index contributed by atoms with van der Waals surface area (Å²) < 4.78 is 0. The van der Waals surface area contributed by atoms with Crippen LogP contribution in [0.3, 0.4) is 0 Å². The zero-order valence-corrected chi connectivity index (χ0v) is 9.97. The van der Waals surface area contributed by atoms with Crippen LogP contribution >= 0.6 is 0 Å². The summed E-state index contributed by atoms with van der Waals surface area (Å²) in [5.74, 6) is -0.377. The molecule has 0 aliphatic carbocycles. The van der Waals surface area contributed by atoms with Crippen LogP contribution in [0.4, 0.5) is 11.4 Å². The molecule has 0 heterocycles. The first kappa shape index (κ1) is 12.0. The Morgan fingerprint density at radius 3 is 2.44 bits per heavy atom. The zero-order valence-electron chi connectivity index (χ0n) is 9.97. The van der Waals surface area contributed by atoms with Crippen LogP contribution < -0.4 is 10.6 Å². The number of phenolic OH excluding ortho intramolecular Hbond substituents is 1. The summed E-state index contributed by atoms with van der Waals surface area (Å²) in [6, 6.07) is 13.9. The predicted molar refractivity (Wildman–Crippen MR) is 72.0 cm³/mol. The Hall–Kier alpha value is -2.49. The van der Waals surface area contributed by atoms with Gasteiger partial charge in [-0.1, -0.05) is 18.2 Å². The fourth-order valence-electron chi connectivity index (χ4n) is 1.59. The summed E-state index contributed by atoms with van der Waals surface area (Å²) in [5.41, 5.74) is 1.70. The minimum atomic E-state index is -0.337. The molecule has 2 aromatic carbocycles. The van der Waals surface area contributed by atoms with E-state index in [-0.39, 0.29) is 17.2 Å². The Balaban J connectivity index is 2.23. The van der Waals surface area contributed by atoms with Gasteiger partial charge in [0.15, 0.2) is 0 Å². The third-order valence-corrected chi connectivity index (χ3v) is 2.56. The second kappa shape index (κ2) is 5.23. The highest BCUT2D eigenvalue weighted by Gasteiger charge is 2.11. The molecule has 0 fully saturated rings. The molecule has 92 valence electrons. The first-order chi connectivity index (χ1) is 8.70. The maximum atomic E-state index is 12.0. The van der Waals surface area contributed by atoms with Crippen LogP contribution in [0.5, 0.6) is 5.75 Å². The van der Waals surface area contributed by atoms with Crippen LogP contribution in [0, 0.1) is 0 Å². The van der Waals surface area contributed by atoms with E-state index in [1.54, 1.807) is 31.3 Å². The quantitative estimate of drug-likeness (QED) is 0.725. The molecule has 0 aliphatic rings. The third-order valence-electron chi connectivity index (χ3n) is 2.56. The normalized spacial score (nSPS) is 9.83. The van der Waals surface area contributed by atoms with E-state index in [0.29, 0.717) is 5.69 Å². The topological polar surface area (TPSA) is 61.4 Å². The van der Waals surface area contributed by atoms with Crippen molar-refractivity contribution in [1.29, 1.82) is 0 Å². The Kier molecular flexibility index (Phi) is 3.48. The van der Waals surface area contributed by atoms with Crippen molar-refractivity contribution >= 4 is 17.3 Å². The number of hydrogen-bond acceptors (Lipinski definition) is 3. The van der Waals surface area contributed by atoms with Crippen molar-refractivity contribution in [3.63, 3.8) is 0 Å². The van der Waals surface area contributed by atoms with Gasteiger partial charge >= 0.3 is 0 Å². The highest BCUT2D eigenvalue weighted by Crippen LogP contribution is 2.22. The van der Waals surface area contributed by atoms with Crippen LogP contribution in [0.25, 0.3) is 0 Å². The van der Waals surface area contributed by atoms with Crippen molar-refractivity contribution in [2.24, 2.45) is 0 Å². The monoisotopic (exact) mass is 242 g/mol. The molecule has 0 unspecified atom stereocenters. The number of hydrogen-bond donors (Lipinski definition) is 3. The van der Waals surface area contributed by atoms with E-state index in [1.807, 2.05) is 18.2 Å². The van der Waals surface area contributed by atoms with Gasteiger partial charge in [0.2, 0.25) is 0 Å². The maximum Gasteiger partial charge on any atom is 0.259 e. The number of carbonyl (C=O) groups excluding carboxylic acids is 1. The zero-order chi connectivity index (χ0) is 13.0. The lowest BCUT2D eigenvalue weighted by Gasteiger charge is -2.08. The summed E-state index contributed by atoms with van der Waals surface area (Å²) in [6.45, 7) is 0. The first-order valence-electron chi connectivity index (χ1n) is 5.58. The number of phenols is 1. The number of anilines is 2. The van der Waals surface area contributed by atoms with E-state index in [1.165, 1.54) is 6.07 Å². The van der Waals surface area contributed by atoms with Gasteiger partial charge in [0, 0.05) is 18.4 Å². The van der Waals surface area contributed by atoms with Crippen LogP contribution in [0.2, 0.25) is 0 Å². The molecule has 1 amide bonds. The summed E-state index contributed by atoms with van der Waals surface area (Å²) in [7, 11) is 1.76. The molecule has 18 heavy (non-hydrogen) atoms. The van der Waals surface area contributed by atoms with Crippen molar-refractivity contribution < 1.29 is 9.90 Å². The van der Waals surface area contributed by atoms with Gasteiger partial charge in [-0.3, -0.25) is 4.79 Å². The molecule has 2 aromatic rings. The highest BCUT2D eigenvalue weighted by molar-refractivity contribution is 6.06. The fourth-order valence-corrected chi connectivity index (χ4v) is 1.59. The van der Waals surface area contributed by atoms with E-state index in [9.17, 15) is 9.90 Å². The maximum absolute atomic E-state index is 12.0. The number of rotatable bonds is 3. The standard InChI is InChI=1S/C14H14N2O2/c1-15-11-7-8-13(17)12(9-11)14(18)16-10-5-3-2-4-6-10/h2-9,15,17H,1H3,(H,16,18). The summed E-state index contributed by atoms with van der Waals surface area (Å²) >= 11 is 0. The van der Waals surface area contributed by atoms with Crippen LogP contribution in [0.15, 0.2) is 48.5 Å². The van der Waals surface area contributed by atoms with Gasteiger partial charge in [0.1, 0.15) is 5.75 Å². The van der Waals surface area contributed by atoms with Gasteiger partial charge in [0.25, 0.3) is 5.91 Å². The highest BCUT2D eigenvalue weighted by atomic mass is 16.3. The molecule has 0 radical (unpaired) electrons. The third kappa shape index (κ3) is 2.60. The number of aromatic hydroxyl groups is 1. The van der Waals surface area contributed by atoms with E-state index in [2.05, 4.69) is 10.6 Å². The molecule has 0 spiro atoms. The molecule has 0 saturated heterocycles. The Morgan fingerprint density at radius 1 is 1.06 bits per heavy atom. The Morgan fingerprint density at radius 2 is 1.78 bits per heavy atom. The Bertz CT molecular complexity index is 553. The number of para-hydroxylation sites is 1. The van der Waals surface area contributed by atoms with Gasteiger partial charge in [-0.2, -0.15) is 0 Å². The van der Waals surface area contributed by atoms with E-state index >= 15 is 0 Å². The van der Waals surface area contributed by atoms with Gasteiger partial charge in [0.05, 0.1) is 5.56 Å². The summed E-state index contributed by atoms with van der Waals surface area (Å²) in [5, 5.41) is 15.3. The molecule has 4 heteroatoms.